The van der Waals surface area contributed by atoms with Crippen LogP contribution in [-0.4, -0.2) is 24.3 Å². The van der Waals surface area contributed by atoms with E-state index >= 15 is 0 Å². The van der Waals surface area contributed by atoms with Gasteiger partial charge in [-0.15, -0.1) is 0 Å². The summed E-state index contributed by atoms with van der Waals surface area (Å²) in [5.41, 5.74) is 0. The van der Waals surface area contributed by atoms with E-state index in [1.54, 1.807) is 0 Å². The molecule has 0 amide bonds. The summed E-state index contributed by atoms with van der Waals surface area (Å²) < 4.78 is 5.11. The molecule has 0 unspecified atom stereocenters. The van der Waals surface area contributed by atoms with Crippen LogP contribution in [0.25, 0.3) is 0 Å². The number of hydrogen-bond acceptors (Lipinski definition) is 3. The molecule has 0 aromatic carbocycles. The predicted molar refractivity (Wildman–Crippen MR) is 46.0 cm³/mol. The molecule has 4 heteroatoms. The van der Waals surface area contributed by atoms with Crippen LogP contribution in [0.2, 0.25) is 0 Å². The van der Waals surface area contributed by atoms with Gasteiger partial charge in [0, 0.05) is 23.4 Å². The molecule has 1 radical (unpaired) electrons. The van der Waals surface area contributed by atoms with Crippen molar-refractivity contribution in [3.05, 3.63) is 0 Å². The molecule has 0 bridgehead atoms. The first kappa shape index (κ1) is 15.3. The second kappa shape index (κ2) is 8.41. The third-order valence-electron chi connectivity index (χ3n) is 1.52. The Balaban J connectivity index is 0. The van der Waals surface area contributed by atoms with E-state index in [4.69, 9.17) is 4.74 Å². The maximum Gasteiger partial charge on any atom is 0.173 e. The fraction of sp³-hybridized carbons (Fsp3) is 0.778. The molecule has 0 N–H and O–H groups in total. The van der Waals surface area contributed by atoms with Gasteiger partial charge in [-0.2, -0.15) is 0 Å². The fourth-order valence-electron chi connectivity index (χ4n) is 0.866. The fourth-order valence-corrected chi connectivity index (χ4v) is 0.866. The number of unbranched alkanes of at least 4 members (excludes halogenated alkanes) is 1. The molecule has 0 aliphatic rings. The average molecular weight is 231 g/mol. The second-order valence-corrected chi connectivity index (χ2v) is 2.83. The van der Waals surface area contributed by atoms with Gasteiger partial charge in [-0.3, -0.25) is 9.59 Å². The largest absolute Gasteiger partial charge is 0.363 e. The van der Waals surface area contributed by atoms with Gasteiger partial charge < -0.3 is 4.74 Å². The predicted octanol–water partition coefficient (Wildman–Crippen LogP) is 1.35. The zero-order chi connectivity index (χ0) is 9.56. The van der Waals surface area contributed by atoms with Crippen molar-refractivity contribution < 1.29 is 31.1 Å². The van der Waals surface area contributed by atoms with Crippen molar-refractivity contribution in [1.82, 2.24) is 0 Å². The average Bonchev–Trinajstić information content (AvgIpc) is 1.96. The minimum Gasteiger partial charge on any atom is -0.363 e. The minimum absolute atomic E-state index is 0. The summed E-state index contributed by atoms with van der Waals surface area (Å²) in [6.45, 7) is 5.26. The molecular formula is C9H16CoO3. The summed E-state index contributed by atoms with van der Waals surface area (Å²) in [6, 6.07) is 0. The molecular weight excluding hydrogens is 215 g/mol. The van der Waals surface area contributed by atoms with Gasteiger partial charge in [-0.25, -0.2) is 0 Å². The van der Waals surface area contributed by atoms with Gasteiger partial charge in [0.25, 0.3) is 0 Å². The van der Waals surface area contributed by atoms with Crippen molar-refractivity contribution in [2.45, 2.75) is 39.7 Å². The Kier molecular flexibility index (Phi) is 9.89. The molecule has 0 saturated carbocycles. The normalized spacial score (nSPS) is 9.54. The number of ether oxygens (including phenoxy) is 1. The van der Waals surface area contributed by atoms with Crippen molar-refractivity contribution in [2.75, 3.05) is 6.61 Å². The summed E-state index contributed by atoms with van der Waals surface area (Å²) >= 11 is 0. The van der Waals surface area contributed by atoms with Crippen molar-refractivity contribution in [2.24, 2.45) is 0 Å². The van der Waals surface area contributed by atoms with E-state index < -0.39 is 6.10 Å². The number of carbonyl (C=O) groups excluding carboxylic acids is 2. The Morgan fingerprint density at radius 1 is 1.23 bits per heavy atom. The van der Waals surface area contributed by atoms with Gasteiger partial charge in [0.15, 0.2) is 17.7 Å². The summed E-state index contributed by atoms with van der Waals surface area (Å²) in [5.74, 6) is -0.419. The minimum atomic E-state index is -0.837. The Morgan fingerprint density at radius 3 is 2.00 bits per heavy atom. The molecule has 0 aliphatic carbocycles. The quantitative estimate of drug-likeness (QED) is 0.512. The molecule has 0 aliphatic heterocycles. The van der Waals surface area contributed by atoms with E-state index in [-0.39, 0.29) is 28.3 Å². The van der Waals surface area contributed by atoms with Crippen LogP contribution >= 0.6 is 0 Å². The summed E-state index contributed by atoms with van der Waals surface area (Å²) in [6.07, 6.45) is 1.05. The van der Waals surface area contributed by atoms with E-state index in [9.17, 15) is 9.59 Å². The van der Waals surface area contributed by atoms with Crippen LogP contribution in [0.5, 0.6) is 0 Å². The number of hydrogen-bond donors (Lipinski definition) is 0. The summed E-state index contributed by atoms with van der Waals surface area (Å²) in [7, 11) is 0. The molecule has 0 fully saturated rings. The van der Waals surface area contributed by atoms with Gasteiger partial charge >= 0.3 is 0 Å². The van der Waals surface area contributed by atoms with E-state index in [0.29, 0.717) is 6.61 Å². The first-order valence-corrected chi connectivity index (χ1v) is 4.22. The maximum absolute atomic E-state index is 10.8. The van der Waals surface area contributed by atoms with Gasteiger partial charge in [-0.05, 0) is 20.3 Å². The molecule has 0 heterocycles. The van der Waals surface area contributed by atoms with Crippen molar-refractivity contribution in [3.8, 4) is 0 Å². The SMILES string of the molecule is CCCCOC(C(C)=O)C(C)=O.[Co]. The van der Waals surface area contributed by atoms with E-state index in [0.717, 1.165) is 12.8 Å². The van der Waals surface area contributed by atoms with Crippen molar-refractivity contribution in [1.29, 1.82) is 0 Å². The molecule has 13 heavy (non-hydrogen) atoms. The number of Topliss-reactive ketones (excluding diaryl/α,β-unsaturated/α-hetero) is 2. The Labute approximate surface area is 89.4 Å². The van der Waals surface area contributed by atoms with E-state index in [2.05, 4.69) is 0 Å². The molecule has 3 nitrogen and oxygen atoms in total. The van der Waals surface area contributed by atoms with E-state index in [1.165, 1.54) is 13.8 Å². The van der Waals surface area contributed by atoms with Crippen LogP contribution in [0.4, 0.5) is 0 Å². The van der Waals surface area contributed by atoms with Crippen molar-refractivity contribution in [3.63, 3.8) is 0 Å². The van der Waals surface area contributed by atoms with Gasteiger partial charge in [0.2, 0.25) is 0 Å². The monoisotopic (exact) mass is 231 g/mol. The van der Waals surface area contributed by atoms with Gasteiger partial charge in [-0.1, -0.05) is 13.3 Å². The molecule has 79 valence electrons. The molecule has 0 atom stereocenters. The van der Waals surface area contributed by atoms with E-state index in [1.807, 2.05) is 6.92 Å². The third kappa shape index (κ3) is 6.92. The van der Waals surface area contributed by atoms with Crippen LogP contribution < -0.4 is 0 Å². The molecule has 0 saturated heterocycles. The first-order valence-electron chi connectivity index (χ1n) is 4.22. The number of carbonyl (C=O) groups is 2. The van der Waals surface area contributed by atoms with Crippen LogP contribution in [0.3, 0.4) is 0 Å². The zero-order valence-electron chi connectivity index (χ0n) is 8.26. The second-order valence-electron chi connectivity index (χ2n) is 2.83. The first-order chi connectivity index (χ1) is 5.59. The Bertz CT molecular complexity index is 154. The van der Waals surface area contributed by atoms with Crippen LogP contribution in [0, 0.1) is 0 Å². The standard InChI is InChI=1S/C9H16O3.Co/c1-4-5-6-12-9(7(2)10)8(3)11;/h9H,4-6H2,1-3H3;. The molecule has 0 rings (SSSR count). The topological polar surface area (TPSA) is 43.4 Å². The molecule has 0 aromatic rings. The number of rotatable bonds is 6. The number of ketones is 2. The van der Waals surface area contributed by atoms with Crippen LogP contribution in [0.15, 0.2) is 0 Å². The van der Waals surface area contributed by atoms with Gasteiger partial charge in [0.1, 0.15) is 0 Å². The van der Waals surface area contributed by atoms with Crippen molar-refractivity contribution >= 4 is 11.6 Å². The summed E-state index contributed by atoms with van der Waals surface area (Å²) in [5, 5.41) is 0. The molecule has 0 aromatic heterocycles. The van der Waals surface area contributed by atoms with Crippen LogP contribution in [0.1, 0.15) is 33.6 Å². The van der Waals surface area contributed by atoms with Gasteiger partial charge in [0.05, 0.1) is 0 Å². The third-order valence-corrected chi connectivity index (χ3v) is 1.52. The summed E-state index contributed by atoms with van der Waals surface area (Å²) in [4.78, 5) is 21.7. The maximum atomic E-state index is 10.8. The Hall–Kier alpha value is -0.194. The Morgan fingerprint density at radius 2 is 1.69 bits per heavy atom. The zero-order valence-corrected chi connectivity index (χ0v) is 9.30. The molecule has 0 spiro atoms. The van der Waals surface area contributed by atoms with Crippen LogP contribution in [-0.2, 0) is 31.1 Å². The smallest absolute Gasteiger partial charge is 0.173 e.